The first-order valence-electron chi connectivity index (χ1n) is 9.38. The van der Waals surface area contributed by atoms with Crippen molar-refractivity contribution < 1.29 is 0 Å². The Kier molecular flexibility index (Phi) is 4.03. The number of para-hydroxylation sites is 1. The largest absolute Gasteiger partial charge is 0.230 e. The molecule has 30 heavy (non-hydrogen) atoms. The van der Waals surface area contributed by atoms with Crippen molar-refractivity contribution in [2.24, 2.45) is 0 Å². The van der Waals surface area contributed by atoms with Gasteiger partial charge in [0.1, 0.15) is 6.33 Å². The van der Waals surface area contributed by atoms with Crippen LogP contribution in [-0.4, -0.2) is 34.3 Å². The maximum atomic E-state index is 4.75. The van der Waals surface area contributed by atoms with Crippen LogP contribution in [0.3, 0.4) is 0 Å². The van der Waals surface area contributed by atoms with Crippen LogP contribution in [0.15, 0.2) is 65.4 Å². The fraction of sp³-hybridized carbons (Fsp3) is 0.0952. The van der Waals surface area contributed by atoms with Crippen molar-refractivity contribution in [1.82, 2.24) is 34.3 Å². The van der Waals surface area contributed by atoms with Gasteiger partial charge in [0, 0.05) is 0 Å². The summed E-state index contributed by atoms with van der Waals surface area (Å²) in [5, 5.41) is 10.00. The Morgan fingerprint density at radius 3 is 2.73 bits per heavy atom. The van der Waals surface area contributed by atoms with Gasteiger partial charge in [0.2, 0.25) is 0 Å². The predicted molar refractivity (Wildman–Crippen MR) is 119 cm³/mol. The molecule has 6 rings (SSSR count). The fourth-order valence-corrected chi connectivity index (χ4v) is 5.26. The summed E-state index contributed by atoms with van der Waals surface area (Å²) in [6.45, 7) is 2.07. The third-order valence-electron chi connectivity index (χ3n) is 4.83. The zero-order chi connectivity index (χ0) is 20.1. The highest BCUT2D eigenvalue weighted by atomic mass is 32.2. The van der Waals surface area contributed by atoms with Crippen LogP contribution < -0.4 is 0 Å². The lowest BCUT2D eigenvalue weighted by molar-refractivity contribution is 0.874. The van der Waals surface area contributed by atoms with Crippen molar-refractivity contribution >= 4 is 50.0 Å². The number of aryl methyl sites for hydroxylation is 1. The molecule has 0 aliphatic carbocycles. The van der Waals surface area contributed by atoms with Gasteiger partial charge in [0.25, 0.3) is 0 Å². The topological polar surface area (TPSA) is 73.8 Å². The molecule has 0 saturated carbocycles. The molecule has 6 aromatic rings. The quantitative estimate of drug-likeness (QED) is 0.379. The molecule has 0 spiro atoms. The van der Waals surface area contributed by atoms with Crippen LogP contribution in [0.25, 0.3) is 32.6 Å². The molecule has 0 bridgehead atoms. The van der Waals surface area contributed by atoms with E-state index < -0.39 is 0 Å². The van der Waals surface area contributed by atoms with E-state index in [1.807, 2.05) is 35.0 Å². The summed E-state index contributed by atoms with van der Waals surface area (Å²) in [5.41, 5.74) is 4.74. The highest BCUT2D eigenvalue weighted by Gasteiger charge is 2.14. The Balaban J connectivity index is 1.33. The van der Waals surface area contributed by atoms with E-state index in [9.17, 15) is 0 Å². The average Bonchev–Trinajstić information content (AvgIpc) is 3.47. The number of aromatic nitrogens is 7. The van der Waals surface area contributed by atoms with E-state index in [0.29, 0.717) is 5.75 Å². The number of nitrogens with zero attached hydrogens (tertiary/aromatic N) is 7. The van der Waals surface area contributed by atoms with Gasteiger partial charge in [0.05, 0.1) is 33.2 Å². The first-order chi connectivity index (χ1) is 14.7. The zero-order valence-corrected chi connectivity index (χ0v) is 17.6. The Labute approximate surface area is 179 Å². The second-order valence-electron chi connectivity index (χ2n) is 6.91. The zero-order valence-electron chi connectivity index (χ0n) is 15.9. The third kappa shape index (κ3) is 2.94. The summed E-state index contributed by atoms with van der Waals surface area (Å²) < 4.78 is 5.76. The van der Waals surface area contributed by atoms with Gasteiger partial charge in [-0.1, -0.05) is 41.6 Å². The maximum absolute atomic E-state index is 4.75. The van der Waals surface area contributed by atoms with Crippen LogP contribution in [-0.2, 0) is 5.75 Å². The fourth-order valence-electron chi connectivity index (χ4n) is 3.34. The first-order valence-corrected chi connectivity index (χ1v) is 11.2. The lowest BCUT2D eigenvalue weighted by atomic mass is 10.2. The Bertz CT molecular complexity index is 1480. The Morgan fingerprint density at radius 1 is 1.00 bits per heavy atom. The van der Waals surface area contributed by atoms with Gasteiger partial charge in [-0.2, -0.15) is 5.10 Å². The molecule has 0 aliphatic rings. The van der Waals surface area contributed by atoms with E-state index in [2.05, 4.69) is 45.3 Å². The van der Waals surface area contributed by atoms with Gasteiger partial charge in [-0.15, -0.1) is 16.4 Å². The van der Waals surface area contributed by atoms with Gasteiger partial charge in [0.15, 0.2) is 21.5 Å². The summed E-state index contributed by atoms with van der Waals surface area (Å²) in [5.74, 6) is 1.39. The predicted octanol–water partition coefficient (Wildman–Crippen LogP) is 4.67. The van der Waals surface area contributed by atoms with Crippen LogP contribution >= 0.6 is 23.1 Å². The molecular weight excluding hydrogens is 414 g/mol. The van der Waals surface area contributed by atoms with Crippen molar-refractivity contribution in [2.75, 3.05) is 0 Å². The van der Waals surface area contributed by atoms with Gasteiger partial charge < -0.3 is 0 Å². The number of rotatable bonds is 4. The minimum absolute atomic E-state index is 0.648. The standard InChI is InChI=1S/C21H15N7S2/c1-13-6-8-14(9-7-13)28-19-15(10-23-28)20-25-18(26-27(20)12-22-19)11-29-21-24-16-4-2-3-5-17(16)30-21/h2-10,12H,11H2,1H3. The van der Waals surface area contributed by atoms with Crippen molar-refractivity contribution in [3.63, 3.8) is 0 Å². The van der Waals surface area contributed by atoms with Crippen molar-refractivity contribution in [3.8, 4) is 5.69 Å². The van der Waals surface area contributed by atoms with Crippen LogP contribution in [0.1, 0.15) is 11.4 Å². The molecule has 0 radical (unpaired) electrons. The Morgan fingerprint density at radius 2 is 1.87 bits per heavy atom. The second kappa shape index (κ2) is 6.89. The first kappa shape index (κ1) is 17.5. The molecule has 0 saturated heterocycles. The van der Waals surface area contributed by atoms with E-state index in [1.54, 1.807) is 40.1 Å². The SMILES string of the molecule is Cc1ccc(-n2ncc3c2ncn2nc(CSc4nc5ccccc5s4)nc32)cc1. The maximum Gasteiger partial charge on any atom is 0.170 e. The molecule has 7 nitrogen and oxygen atoms in total. The molecular formula is C21H15N7S2. The van der Waals surface area contributed by atoms with Gasteiger partial charge in [-0.25, -0.2) is 24.1 Å². The highest BCUT2D eigenvalue weighted by Crippen LogP contribution is 2.31. The molecule has 0 fully saturated rings. The van der Waals surface area contributed by atoms with Crippen molar-refractivity contribution in [2.45, 2.75) is 17.0 Å². The van der Waals surface area contributed by atoms with Crippen LogP contribution in [0, 0.1) is 6.92 Å². The molecule has 0 unspecified atom stereocenters. The third-order valence-corrected chi connectivity index (χ3v) is 7.00. The van der Waals surface area contributed by atoms with E-state index in [4.69, 9.17) is 4.98 Å². The smallest absolute Gasteiger partial charge is 0.170 e. The minimum atomic E-state index is 0.648. The number of benzene rings is 2. The average molecular weight is 430 g/mol. The second-order valence-corrected chi connectivity index (χ2v) is 9.16. The van der Waals surface area contributed by atoms with Crippen molar-refractivity contribution in [1.29, 1.82) is 0 Å². The van der Waals surface area contributed by atoms with E-state index in [1.165, 1.54) is 10.3 Å². The van der Waals surface area contributed by atoms with Crippen LogP contribution in [0.2, 0.25) is 0 Å². The van der Waals surface area contributed by atoms with E-state index >= 15 is 0 Å². The number of thiazole rings is 1. The van der Waals surface area contributed by atoms with Gasteiger partial charge >= 0.3 is 0 Å². The highest BCUT2D eigenvalue weighted by molar-refractivity contribution is 8.00. The number of thioether (sulfide) groups is 1. The molecule has 146 valence electrons. The minimum Gasteiger partial charge on any atom is -0.230 e. The summed E-state index contributed by atoms with van der Waals surface area (Å²) >= 11 is 3.34. The molecule has 9 heteroatoms. The lowest BCUT2D eigenvalue weighted by Crippen LogP contribution is -1.99. The molecule has 0 atom stereocenters. The molecule has 4 heterocycles. The van der Waals surface area contributed by atoms with Crippen LogP contribution in [0.5, 0.6) is 0 Å². The molecule has 4 aromatic heterocycles. The van der Waals surface area contributed by atoms with Crippen molar-refractivity contribution in [3.05, 3.63) is 72.4 Å². The molecule has 0 aliphatic heterocycles. The summed E-state index contributed by atoms with van der Waals surface area (Å²) in [7, 11) is 0. The van der Waals surface area contributed by atoms with Crippen LogP contribution in [0.4, 0.5) is 0 Å². The molecule has 2 aromatic carbocycles. The molecule has 0 amide bonds. The number of fused-ring (bicyclic) bond motifs is 4. The number of hydrogen-bond acceptors (Lipinski definition) is 7. The molecule has 0 N–H and O–H groups in total. The monoisotopic (exact) mass is 429 g/mol. The summed E-state index contributed by atoms with van der Waals surface area (Å²) in [4.78, 5) is 14.0. The summed E-state index contributed by atoms with van der Waals surface area (Å²) in [6.07, 6.45) is 3.50. The van der Waals surface area contributed by atoms with E-state index in [-0.39, 0.29) is 0 Å². The lowest BCUT2D eigenvalue weighted by Gasteiger charge is -2.03. The normalized spacial score (nSPS) is 11.8. The summed E-state index contributed by atoms with van der Waals surface area (Å²) in [6, 6.07) is 16.4. The van der Waals surface area contributed by atoms with E-state index in [0.717, 1.165) is 38.0 Å². The van der Waals surface area contributed by atoms with Gasteiger partial charge in [-0.05, 0) is 31.2 Å². The van der Waals surface area contributed by atoms with Gasteiger partial charge in [-0.3, -0.25) is 0 Å². The Hall–Kier alpha value is -3.30. The number of hydrogen-bond donors (Lipinski definition) is 0.